The second-order valence-electron chi connectivity index (χ2n) is 7.26. The second kappa shape index (κ2) is 10.3. The SMILES string of the molecule is COc1ccc(Cn2nnnc2SCC(=O)N(Cc2ccco2)C2=CCCCC2)cc1. The Hall–Kier alpha value is -3.07. The highest BCUT2D eigenvalue weighted by molar-refractivity contribution is 7.99. The summed E-state index contributed by atoms with van der Waals surface area (Å²) in [5, 5.41) is 12.6. The number of carbonyl (C=O) groups excluding carboxylic acids is 1. The lowest BCUT2D eigenvalue weighted by molar-refractivity contribution is -0.127. The van der Waals surface area contributed by atoms with Gasteiger partial charge in [-0.2, -0.15) is 0 Å². The number of nitrogens with zero attached hydrogens (tertiary/aromatic N) is 5. The maximum atomic E-state index is 13.1. The molecular formula is C22H25N5O3S. The molecule has 2 heterocycles. The Labute approximate surface area is 185 Å². The van der Waals surface area contributed by atoms with Gasteiger partial charge in [0.05, 0.1) is 32.2 Å². The molecular weight excluding hydrogens is 414 g/mol. The van der Waals surface area contributed by atoms with Gasteiger partial charge in [-0.05, 0) is 65.9 Å². The van der Waals surface area contributed by atoms with Crippen LogP contribution in [0.1, 0.15) is 37.0 Å². The molecule has 1 aliphatic rings. The lowest BCUT2D eigenvalue weighted by atomic mass is 10.0. The van der Waals surface area contributed by atoms with Gasteiger partial charge in [0, 0.05) is 5.70 Å². The van der Waals surface area contributed by atoms with Crippen LogP contribution in [0, 0.1) is 0 Å². The van der Waals surface area contributed by atoms with Crippen molar-refractivity contribution in [1.29, 1.82) is 0 Å². The first kappa shape index (κ1) is 21.2. The molecule has 3 aromatic rings. The number of tetrazole rings is 1. The maximum absolute atomic E-state index is 13.1. The summed E-state index contributed by atoms with van der Waals surface area (Å²) in [6.45, 7) is 0.962. The number of furan rings is 1. The maximum Gasteiger partial charge on any atom is 0.237 e. The number of benzene rings is 1. The summed E-state index contributed by atoms with van der Waals surface area (Å²) in [7, 11) is 1.64. The number of rotatable bonds is 9. The van der Waals surface area contributed by atoms with Crippen LogP contribution in [-0.4, -0.2) is 43.9 Å². The third-order valence-corrected chi connectivity index (χ3v) is 6.07. The van der Waals surface area contributed by atoms with Crippen LogP contribution < -0.4 is 4.74 Å². The van der Waals surface area contributed by atoms with Gasteiger partial charge in [-0.25, -0.2) is 4.68 Å². The first-order valence-electron chi connectivity index (χ1n) is 10.3. The lowest BCUT2D eigenvalue weighted by Gasteiger charge is -2.27. The molecule has 0 unspecified atom stereocenters. The third kappa shape index (κ3) is 5.55. The van der Waals surface area contributed by atoms with Crippen LogP contribution in [0.5, 0.6) is 5.75 Å². The molecule has 31 heavy (non-hydrogen) atoms. The molecule has 0 aliphatic heterocycles. The molecule has 1 aromatic carbocycles. The molecule has 4 rings (SSSR count). The van der Waals surface area contributed by atoms with E-state index in [0.717, 1.165) is 42.0 Å². The summed E-state index contributed by atoms with van der Waals surface area (Å²) in [5.41, 5.74) is 2.12. The Morgan fingerprint density at radius 3 is 2.84 bits per heavy atom. The molecule has 0 saturated heterocycles. The number of allylic oxidation sites excluding steroid dienone is 2. The van der Waals surface area contributed by atoms with Crippen LogP contribution >= 0.6 is 11.8 Å². The average molecular weight is 440 g/mol. The number of methoxy groups -OCH3 is 1. The molecule has 9 heteroatoms. The topological polar surface area (TPSA) is 86.3 Å². The van der Waals surface area contributed by atoms with E-state index in [9.17, 15) is 4.79 Å². The van der Waals surface area contributed by atoms with Gasteiger partial charge < -0.3 is 14.1 Å². The van der Waals surface area contributed by atoms with Crippen molar-refractivity contribution in [3.05, 3.63) is 65.8 Å². The Morgan fingerprint density at radius 2 is 2.13 bits per heavy atom. The molecule has 162 valence electrons. The fourth-order valence-corrected chi connectivity index (χ4v) is 4.23. The van der Waals surface area contributed by atoms with Gasteiger partial charge in [-0.3, -0.25) is 4.79 Å². The van der Waals surface area contributed by atoms with Gasteiger partial charge in [0.25, 0.3) is 0 Å². The predicted molar refractivity (Wildman–Crippen MR) is 116 cm³/mol. The van der Waals surface area contributed by atoms with E-state index in [0.29, 0.717) is 18.2 Å². The zero-order valence-corrected chi connectivity index (χ0v) is 18.3. The van der Waals surface area contributed by atoms with Gasteiger partial charge in [0.1, 0.15) is 11.5 Å². The quantitative estimate of drug-likeness (QED) is 0.467. The number of ether oxygens (including phenoxy) is 1. The van der Waals surface area contributed by atoms with E-state index in [1.165, 1.54) is 18.2 Å². The molecule has 0 radical (unpaired) electrons. The van der Waals surface area contributed by atoms with Crippen molar-refractivity contribution in [2.24, 2.45) is 0 Å². The van der Waals surface area contributed by atoms with Crippen LogP contribution in [0.3, 0.4) is 0 Å². The second-order valence-corrected chi connectivity index (χ2v) is 8.20. The van der Waals surface area contributed by atoms with Crippen LogP contribution in [0.4, 0.5) is 0 Å². The van der Waals surface area contributed by atoms with E-state index in [2.05, 4.69) is 21.6 Å². The fourth-order valence-electron chi connectivity index (χ4n) is 3.48. The number of carbonyl (C=O) groups is 1. The van der Waals surface area contributed by atoms with Crippen molar-refractivity contribution in [2.75, 3.05) is 12.9 Å². The van der Waals surface area contributed by atoms with E-state index in [4.69, 9.17) is 9.15 Å². The Bertz CT molecular complexity index is 1010. The smallest absolute Gasteiger partial charge is 0.237 e. The van der Waals surface area contributed by atoms with Crippen LogP contribution in [0.2, 0.25) is 0 Å². The highest BCUT2D eigenvalue weighted by Gasteiger charge is 2.22. The summed E-state index contributed by atoms with van der Waals surface area (Å²) >= 11 is 1.35. The molecule has 0 N–H and O–H groups in total. The van der Waals surface area contributed by atoms with Crippen molar-refractivity contribution in [3.8, 4) is 5.75 Å². The molecule has 0 spiro atoms. The third-order valence-electron chi connectivity index (χ3n) is 5.12. The predicted octanol–water partition coefficient (Wildman–Crippen LogP) is 3.90. The minimum atomic E-state index is 0.0218. The zero-order chi connectivity index (χ0) is 21.5. The van der Waals surface area contributed by atoms with Crippen molar-refractivity contribution in [1.82, 2.24) is 25.1 Å². The van der Waals surface area contributed by atoms with Crippen molar-refractivity contribution < 1.29 is 13.9 Å². The van der Waals surface area contributed by atoms with Gasteiger partial charge in [0.2, 0.25) is 11.1 Å². The Balaban J connectivity index is 1.41. The van der Waals surface area contributed by atoms with Crippen LogP contribution in [-0.2, 0) is 17.9 Å². The van der Waals surface area contributed by atoms with Gasteiger partial charge >= 0.3 is 0 Å². The summed E-state index contributed by atoms with van der Waals surface area (Å²) in [6, 6.07) is 11.5. The highest BCUT2D eigenvalue weighted by Crippen LogP contribution is 2.25. The molecule has 0 atom stereocenters. The first-order chi connectivity index (χ1) is 15.2. The molecule has 1 amide bonds. The summed E-state index contributed by atoms with van der Waals surface area (Å²) in [6.07, 6.45) is 7.98. The van der Waals surface area contributed by atoms with Crippen LogP contribution in [0.15, 0.2) is 64.0 Å². The number of thioether (sulfide) groups is 1. The molecule has 2 aromatic heterocycles. The monoisotopic (exact) mass is 439 g/mol. The van der Waals surface area contributed by atoms with E-state index in [1.807, 2.05) is 41.3 Å². The zero-order valence-electron chi connectivity index (χ0n) is 17.4. The first-order valence-corrected chi connectivity index (χ1v) is 11.2. The number of hydrogen-bond donors (Lipinski definition) is 0. The Morgan fingerprint density at radius 1 is 1.26 bits per heavy atom. The summed E-state index contributed by atoms with van der Waals surface area (Å²) < 4.78 is 12.4. The van der Waals surface area contributed by atoms with E-state index in [1.54, 1.807) is 18.1 Å². The molecule has 0 bridgehead atoms. The Kier molecular flexibility index (Phi) is 7.03. The van der Waals surface area contributed by atoms with Crippen molar-refractivity contribution in [3.63, 3.8) is 0 Å². The summed E-state index contributed by atoms with van der Waals surface area (Å²) in [4.78, 5) is 15.0. The average Bonchev–Trinajstić information content (AvgIpc) is 3.49. The lowest BCUT2D eigenvalue weighted by Crippen LogP contribution is -2.32. The summed E-state index contributed by atoms with van der Waals surface area (Å²) in [5.74, 6) is 1.85. The minimum absolute atomic E-state index is 0.0218. The van der Waals surface area contributed by atoms with Crippen LogP contribution in [0.25, 0.3) is 0 Å². The van der Waals surface area contributed by atoms with Crippen molar-refractivity contribution in [2.45, 2.75) is 43.9 Å². The van der Waals surface area contributed by atoms with E-state index in [-0.39, 0.29) is 11.7 Å². The number of hydrogen-bond acceptors (Lipinski definition) is 7. The largest absolute Gasteiger partial charge is 0.497 e. The van der Waals surface area contributed by atoms with E-state index < -0.39 is 0 Å². The molecule has 8 nitrogen and oxygen atoms in total. The van der Waals surface area contributed by atoms with Crippen molar-refractivity contribution >= 4 is 17.7 Å². The molecule has 0 saturated carbocycles. The van der Waals surface area contributed by atoms with Gasteiger partial charge in [-0.1, -0.05) is 30.0 Å². The number of aromatic nitrogens is 4. The molecule has 0 fully saturated rings. The fraction of sp³-hybridized carbons (Fsp3) is 0.364. The normalized spacial score (nSPS) is 13.6. The highest BCUT2D eigenvalue weighted by atomic mass is 32.2. The minimum Gasteiger partial charge on any atom is -0.497 e. The number of amides is 1. The standard InChI is InChI=1S/C22H25N5O3S/c1-29-19-11-9-17(10-12-19)14-27-22(23-24-25-27)31-16-21(28)26(15-20-8-5-13-30-20)18-6-3-2-4-7-18/h5-6,8-13H,2-4,7,14-16H2,1H3. The van der Waals surface area contributed by atoms with E-state index >= 15 is 0 Å². The van der Waals surface area contributed by atoms with Gasteiger partial charge in [0.15, 0.2) is 0 Å². The molecule has 1 aliphatic carbocycles. The van der Waals surface area contributed by atoms with Gasteiger partial charge in [-0.15, -0.1) is 5.10 Å².